The number of benzene rings is 1. The second-order valence-corrected chi connectivity index (χ2v) is 7.65. The van der Waals surface area contributed by atoms with Gasteiger partial charge < -0.3 is 9.32 Å². The van der Waals surface area contributed by atoms with E-state index >= 15 is 0 Å². The van der Waals surface area contributed by atoms with Gasteiger partial charge in [-0.3, -0.25) is 4.79 Å². The summed E-state index contributed by atoms with van der Waals surface area (Å²) < 4.78 is 32.1. The Balaban J connectivity index is 2.35. The molecule has 2 rings (SSSR count). The van der Waals surface area contributed by atoms with Crippen molar-refractivity contribution in [1.82, 2.24) is 9.62 Å². The average Bonchev–Trinajstić information content (AvgIpc) is 2.93. The third kappa shape index (κ3) is 3.68. The standard InChI is InChI=1S/C17H22N2O4S/c1-11-8-14(9-16(13(11)3)24(21,22)18-4)17(20)19(5)10-15-7-6-12(2)23-15/h6-9,18H,10H2,1-5H3. The van der Waals surface area contributed by atoms with Gasteiger partial charge in [0, 0.05) is 12.6 Å². The van der Waals surface area contributed by atoms with Gasteiger partial charge in [-0.2, -0.15) is 0 Å². The van der Waals surface area contributed by atoms with Crippen LogP contribution in [-0.2, 0) is 16.6 Å². The molecule has 1 heterocycles. The summed E-state index contributed by atoms with van der Waals surface area (Å²) in [6, 6.07) is 6.77. The number of carbonyl (C=O) groups excluding carboxylic acids is 1. The van der Waals surface area contributed by atoms with Crippen molar-refractivity contribution >= 4 is 15.9 Å². The molecule has 0 aliphatic heterocycles. The number of nitrogens with zero attached hydrogens (tertiary/aromatic N) is 1. The fourth-order valence-electron chi connectivity index (χ4n) is 2.44. The van der Waals surface area contributed by atoms with Crippen LogP contribution in [0.1, 0.15) is 33.0 Å². The molecule has 0 saturated heterocycles. The van der Waals surface area contributed by atoms with Gasteiger partial charge in [0.05, 0.1) is 11.4 Å². The van der Waals surface area contributed by atoms with Crippen molar-refractivity contribution in [2.75, 3.05) is 14.1 Å². The molecule has 0 radical (unpaired) electrons. The molecule has 24 heavy (non-hydrogen) atoms. The Kier molecular flexibility index (Phi) is 5.15. The minimum absolute atomic E-state index is 0.121. The molecule has 6 nitrogen and oxygen atoms in total. The van der Waals surface area contributed by atoms with Crippen molar-refractivity contribution in [3.8, 4) is 0 Å². The smallest absolute Gasteiger partial charge is 0.254 e. The Morgan fingerprint density at radius 1 is 1.21 bits per heavy atom. The highest BCUT2D eigenvalue weighted by Gasteiger charge is 2.21. The minimum atomic E-state index is -3.63. The molecule has 0 fully saturated rings. The molecular weight excluding hydrogens is 328 g/mol. The molecule has 1 amide bonds. The summed E-state index contributed by atoms with van der Waals surface area (Å²) in [4.78, 5) is 14.3. The quantitative estimate of drug-likeness (QED) is 0.898. The molecule has 0 saturated carbocycles. The molecule has 2 aromatic rings. The number of furan rings is 1. The van der Waals surface area contributed by atoms with Crippen LogP contribution in [0.2, 0.25) is 0 Å². The molecule has 0 bridgehead atoms. The van der Waals surface area contributed by atoms with E-state index in [1.54, 1.807) is 27.0 Å². The first-order chi connectivity index (χ1) is 11.2. The molecule has 7 heteroatoms. The van der Waals surface area contributed by atoms with Gasteiger partial charge in [-0.15, -0.1) is 0 Å². The van der Waals surface area contributed by atoms with E-state index in [-0.39, 0.29) is 10.8 Å². The van der Waals surface area contributed by atoms with Crippen LogP contribution in [-0.4, -0.2) is 33.3 Å². The van der Waals surface area contributed by atoms with Crippen LogP contribution in [0, 0.1) is 20.8 Å². The van der Waals surface area contributed by atoms with Gasteiger partial charge in [-0.05, 0) is 63.2 Å². The summed E-state index contributed by atoms with van der Waals surface area (Å²) in [7, 11) is -0.622. The van der Waals surface area contributed by atoms with Crippen molar-refractivity contribution in [2.45, 2.75) is 32.2 Å². The van der Waals surface area contributed by atoms with Crippen LogP contribution >= 0.6 is 0 Å². The Hall–Kier alpha value is -2.12. The molecule has 1 N–H and O–H groups in total. The van der Waals surface area contributed by atoms with Crippen molar-refractivity contribution < 1.29 is 17.6 Å². The summed E-state index contributed by atoms with van der Waals surface area (Å²) in [6.45, 7) is 5.66. The zero-order chi connectivity index (χ0) is 18.1. The maximum Gasteiger partial charge on any atom is 0.254 e. The second-order valence-electron chi connectivity index (χ2n) is 5.80. The van der Waals surface area contributed by atoms with E-state index in [1.165, 1.54) is 18.0 Å². The first-order valence-electron chi connectivity index (χ1n) is 7.51. The lowest BCUT2D eigenvalue weighted by Crippen LogP contribution is -2.27. The topological polar surface area (TPSA) is 79.6 Å². The van der Waals surface area contributed by atoms with E-state index in [1.807, 2.05) is 19.1 Å². The van der Waals surface area contributed by atoms with Crippen molar-refractivity contribution in [3.05, 3.63) is 52.5 Å². The van der Waals surface area contributed by atoms with Crippen LogP contribution in [0.4, 0.5) is 0 Å². The largest absolute Gasteiger partial charge is 0.464 e. The number of sulfonamides is 1. The van der Waals surface area contributed by atoms with Crippen LogP contribution in [0.25, 0.3) is 0 Å². The lowest BCUT2D eigenvalue weighted by atomic mass is 10.1. The number of rotatable bonds is 5. The SMILES string of the molecule is CNS(=O)(=O)c1cc(C(=O)N(C)Cc2ccc(C)o2)cc(C)c1C. The first-order valence-corrected chi connectivity index (χ1v) is 8.99. The lowest BCUT2D eigenvalue weighted by molar-refractivity contribution is 0.0774. The summed E-state index contributed by atoms with van der Waals surface area (Å²) in [5.74, 6) is 1.19. The van der Waals surface area contributed by atoms with Gasteiger partial charge in [-0.25, -0.2) is 13.1 Å². The monoisotopic (exact) mass is 350 g/mol. The summed E-state index contributed by atoms with van der Waals surface area (Å²) >= 11 is 0. The number of nitrogens with one attached hydrogen (secondary N) is 1. The Morgan fingerprint density at radius 3 is 2.42 bits per heavy atom. The number of aryl methyl sites for hydroxylation is 2. The van der Waals surface area contributed by atoms with Crippen LogP contribution in [0.3, 0.4) is 0 Å². The maximum absolute atomic E-state index is 12.7. The highest BCUT2D eigenvalue weighted by Crippen LogP contribution is 2.22. The highest BCUT2D eigenvalue weighted by atomic mass is 32.2. The molecule has 130 valence electrons. The average molecular weight is 350 g/mol. The molecule has 1 aromatic heterocycles. The fraction of sp³-hybridized carbons (Fsp3) is 0.353. The summed E-state index contributed by atoms with van der Waals surface area (Å²) in [5, 5.41) is 0. The molecule has 0 aliphatic rings. The zero-order valence-corrected chi connectivity index (χ0v) is 15.3. The molecular formula is C17H22N2O4S. The number of hydrogen-bond donors (Lipinski definition) is 1. The molecule has 1 aromatic carbocycles. The van der Waals surface area contributed by atoms with E-state index in [9.17, 15) is 13.2 Å². The Bertz CT molecular complexity index is 869. The number of carbonyl (C=O) groups is 1. The number of amides is 1. The van der Waals surface area contributed by atoms with E-state index in [0.29, 0.717) is 23.4 Å². The third-order valence-corrected chi connectivity index (χ3v) is 5.50. The van der Waals surface area contributed by atoms with E-state index in [2.05, 4.69) is 4.72 Å². The van der Waals surface area contributed by atoms with Crippen LogP contribution < -0.4 is 4.72 Å². The van der Waals surface area contributed by atoms with Crippen molar-refractivity contribution in [2.24, 2.45) is 0 Å². The van der Waals surface area contributed by atoms with Gasteiger partial charge in [0.1, 0.15) is 11.5 Å². The second kappa shape index (κ2) is 6.78. The van der Waals surface area contributed by atoms with E-state index in [4.69, 9.17) is 4.42 Å². The minimum Gasteiger partial charge on any atom is -0.464 e. The maximum atomic E-state index is 12.7. The van der Waals surface area contributed by atoms with Gasteiger partial charge in [0.15, 0.2) is 0 Å². The summed E-state index contributed by atoms with van der Waals surface area (Å²) in [5.41, 5.74) is 1.71. The predicted molar refractivity (Wildman–Crippen MR) is 91.4 cm³/mol. The van der Waals surface area contributed by atoms with Gasteiger partial charge in [-0.1, -0.05) is 0 Å². The summed E-state index contributed by atoms with van der Waals surface area (Å²) in [6.07, 6.45) is 0. The van der Waals surface area contributed by atoms with Gasteiger partial charge in [0.25, 0.3) is 5.91 Å². The van der Waals surface area contributed by atoms with Crippen LogP contribution in [0.15, 0.2) is 33.6 Å². The van der Waals surface area contributed by atoms with Crippen molar-refractivity contribution in [3.63, 3.8) is 0 Å². The third-order valence-electron chi connectivity index (χ3n) is 3.96. The number of hydrogen-bond acceptors (Lipinski definition) is 4. The van der Waals surface area contributed by atoms with Crippen LogP contribution in [0.5, 0.6) is 0 Å². The molecule has 0 aliphatic carbocycles. The first kappa shape index (κ1) is 18.2. The lowest BCUT2D eigenvalue weighted by Gasteiger charge is -2.18. The van der Waals surface area contributed by atoms with Gasteiger partial charge >= 0.3 is 0 Å². The zero-order valence-electron chi connectivity index (χ0n) is 14.5. The molecule has 0 spiro atoms. The molecule has 0 unspecified atom stereocenters. The highest BCUT2D eigenvalue weighted by molar-refractivity contribution is 7.89. The molecule has 0 atom stereocenters. The van der Waals surface area contributed by atoms with Gasteiger partial charge in [0.2, 0.25) is 10.0 Å². The van der Waals surface area contributed by atoms with Crippen molar-refractivity contribution in [1.29, 1.82) is 0 Å². The normalized spacial score (nSPS) is 11.5. The van der Waals surface area contributed by atoms with E-state index < -0.39 is 10.0 Å². The van der Waals surface area contributed by atoms with E-state index in [0.717, 1.165) is 11.3 Å². The predicted octanol–water partition coefficient (Wildman–Crippen LogP) is 2.39. The Morgan fingerprint density at radius 2 is 1.88 bits per heavy atom. The Labute approximate surface area is 142 Å². The fourth-order valence-corrected chi connectivity index (χ4v) is 3.50.